The van der Waals surface area contributed by atoms with E-state index in [4.69, 9.17) is 0 Å². The normalized spacial score (nSPS) is 14.1. The van der Waals surface area contributed by atoms with Gasteiger partial charge in [-0.3, -0.25) is 19.0 Å². The summed E-state index contributed by atoms with van der Waals surface area (Å²) in [5.41, 5.74) is -0.0461. The molecule has 174 valence electrons. The second-order valence-electron chi connectivity index (χ2n) is 7.80. The fourth-order valence-electron chi connectivity index (χ4n) is 3.64. The van der Waals surface area contributed by atoms with Crippen molar-refractivity contribution in [3.63, 3.8) is 0 Å². The minimum absolute atomic E-state index is 0.0340. The van der Waals surface area contributed by atoms with Crippen LogP contribution < -0.4 is 9.44 Å². The highest BCUT2D eigenvalue weighted by Gasteiger charge is 2.36. The lowest BCUT2D eigenvalue weighted by Gasteiger charge is -2.23. The molecule has 0 spiro atoms. The van der Waals surface area contributed by atoms with E-state index in [1.807, 2.05) is 0 Å². The lowest BCUT2D eigenvalue weighted by Crippen LogP contribution is -2.40. The van der Waals surface area contributed by atoms with Crippen molar-refractivity contribution in [2.75, 3.05) is 0 Å². The maximum atomic E-state index is 13.3. The van der Waals surface area contributed by atoms with Crippen molar-refractivity contribution in [2.24, 2.45) is 0 Å². The van der Waals surface area contributed by atoms with Crippen LogP contribution in [-0.4, -0.2) is 28.4 Å². The van der Waals surface area contributed by atoms with Crippen LogP contribution >= 0.6 is 0 Å². The van der Waals surface area contributed by atoms with Gasteiger partial charge in [-0.15, -0.1) is 0 Å². The van der Waals surface area contributed by atoms with Gasteiger partial charge >= 0.3 is 0 Å². The van der Waals surface area contributed by atoms with Crippen LogP contribution in [0.1, 0.15) is 31.8 Å². The molecule has 8 nitrogen and oxygen atoms in total. The standard InChI is InChI=1S/C24H20N2O6S2/c1-15-12-16(2)14-18(13-15)34(31,32)26-22-21(25-33(29,30)17-8-4-3-5-9-17)23(27)19-10-6-7-11-20(19)24(22)28/h3-14,25-26H,1-2H3. The maximum absolute atomic E-state index is 13.3. The minimum atomic E-state index is -4.33. The van der Waals surface area contributed by atoms with Gasteiger partial charge in [0.25, 0.3) is 20.0 Å². The fraction of sp³-hybridized carbons (Fsp3) is 0.0833. The molecule has 0 amide bonds. The Labute approximate surface area is 197 Å². The third-order valence-electron chi connectivity index (χ3n) is 5.15. The van der Waals surface area contributed by atoms with Gasteiger partial charge < -0.3 is 0 Å². The van der Waals surface area contributed by atoms with E-state index in [1.165, 1.54) is 60.7 Å². The van der Waals surface area contributed by atoms with Gasteiger partial charge in [-0.2, -0.15) is 0 Å². The molecule has 0 fully saturated rings. The molecule has 0 aromatic heterocycles. The SMILES string of the molecule is Cc1cc(C)cc(S(=O)(=O)NC2=C(NS(=O)(=O)c3ccccc3)C(=O)c3ccccc3C2=O)c1. The van der Waals surface area contributed by atoms with E-state index >= 15 is 0 Å². The van der Waals surface area contributed by atoms with Crippen molar-refractivity contribution in [3.05, 3.63) is 106 Å². The number of ketones is 2. The first-order valence-corrected chi connectivity index (χ1v) is 13.1. The number of rotatable bonds is 6. The molecule has 0 heterocycles. The average Bonchev–Trinajstić information content (AvgIpc) is 2.79. The van der Waals surface area contributed by atoms with Gasteiger partial charge in [0.1, 0.15) is 11.4 Å². The highest BCUT2D eigenvalue weighted by molar-refractivity contribution is 7.90. The minimum Gasteiger partial charge on any atom is -0.287 e. The largest absolute Gasteiger partial charge is 0.287 e. The fourth-order valence-corrected chi connectivity index (χ4v) is 6.00. The third-order valence-corrected chi connectivity index (χ3v) is 7.85. The molecule has 0 radical (unpaired) electrons. The van der Waals surface area contributed by atoms with Crippen LogP contribution in [0.4, 0.5) is 0 Å². The lowest BCUT2D eigenvalue weighted by molar-refractivity contribution is 0.0968. The number of carbonyl (C=O) groups is 2. The van der Waals surface area contributed by atoms with Crippen molar-refractivity contribution < 1.29 is 26.4 Å². The molecule has 0 atom stereocenters. The topological polar surface area (TPSA) is 126 Å². The molecule has 0 aliphatic heterocycles. The Morgan fingerprint density at radius 3 is 1.44 bits per heavy atom. The predicted molar refractivity (Wildman–Crippen MR) is 125 cm³/mol. The predicted octanol–water partition coefficient (Wildman–Crippen LogP) is 2.85. The van der Waals surface area contributed by atoms with Crippen LogP contribution in [0, 0.1) is 13.8 Å². The summed E-state index contributed by atoms with van der Waals surface area (Å²) in [7, 11) is -8.63. The Morgan fingerprint density at radius 1 is 0.559 bits per heavy atom. The summed E-state index contributed by atoms with van der Waals surface area (Å²) in [6, 6.07) is 17.6. The Hall–Kier alpha value is -3.76. The number of nitrogens with one attached hydrogen (secondary N) is 2. The number of sulfonamides is 2. The van der Waals surface area contributed by atoms with Gasteiger partial charge in [-0.05, 0) is 49.2 Å². The summed E-state index contributed by atoms with van der Waals surface area (Å²) in [6.07, 6.45) is 0. The molecule has 34 heavy (non-hydrogen) atoms. The molecule has 2 N–H and O–H groups in total. The summed E-state index contributed by atoms with van der Waals surface area (Å²) in [4.78, 5) is 26.2. The number of benzene rings is 3. The molecule has 1 aliphatic carbocycles. The van der Waals surface area contributed by atoms with Gasteiger partial charge in [0.2, 0.25) is 11.6 Å². The van der Waals surface area contributed by atoms with Crippen molar-refractivity contribution >= 4 is 31.6 Å². The van der Waals surface area contributed by atoms with Crippen molar-refractivity contribution in [1.29, 1.82) is 0 Å². The molecular formula is C24H20N2O6S2. The maximum Gasteiger partial charge on any atom is 0.262 e. The molecule has 0 saturated heterocycles. The van der Waals surface area contributed by atoms with Gasteiger partial charge in [0, 0.05) is 11.1 Å². The van der Waals surface area contributed by atoms with Crippen LogP contribution in [0.5, 0.6) is 0 Å². The van der Waals surface area contributed by atoms with E-state index in [0.29, 0.717) is 11.1 Å². The molecule has 0 unspecified atom stereocenters. The monoisotopic (exact) mass is 496 g/mol. The Kier molecular flexibility index (Phi) is 5.88. The van der Waals surface area contributed by atoms with Crippen molar-refractivity contribution in [2.45, 2.75) is 23.6 Å². The first kappa shape index (κ1) is 23.4. The summed E-state index contributed by atoms with van der Waals surface area (Å²) in [6.45, 7) is 3.44. The van der Waals surface area contributed by atoms with E-state index in [2.05, 4.69) is 9.44 Å². The first-order valence-electron chi connectivity index (χ1n) is 10.1. The zero-order valence-corrected chi connectivity index (χ0v) is 19.8. The van der Waals surface area contributed by atoms with Crippen LogP contribution in [0.15, 0.2) is 94.0 Å². The smallest absolute Gasteiger partial charge is 0.262 e. The lowest BCUT2D eigenvalue weighted by atomic mass is 9.91. The highest BCUT2D eigenvalue weighted by Crippen LogP contribution is 2.27. The number of hydrogen-bond acceptors (Lipinski definition) is 6. The molecular weight excluding hydrogens is 476 g/mol. The van der Waals surface area contributed by atoms with Crippen LogP contribution in [0.3, 0.4) is 0 Å². The van der Waals surface area contributed by atoms with E-state index in [1.54, 1.807) is 26.0 Å². The van der Waals surface area contributed by atoms with Gasteiger partial charge in [-0.25, -0.2) is 16.8 Å². The van der Waals surface area contributed by atoms with E-state index in [-0.39, 0.29) is 20.9 Å². The molecule has 3 aromatic rings. The van der Waals surface area contributed by atoms with E-state index < -0.39 is 43.0 Å². The molecule has 4 rings (SSSR count). The second kappa shape index (κ2) is 8.54. The highest BCUT2D eigenvalue weighted by atomic mass is 32.2. The summed E-state index contributed by atoms with van der Waals surface area (Å²) < 4.78 is 56.5. The first-order chi connectivity index (χ1) is 16.0. The number of allylic oxidation sites excluding steroid dienone is 2. The van der Waals surface area contributed by atoms with Crippen LogP contribution in [0.25, 0.3) is 0 Å². The van der Waals surface area contributed by atoms with Crippen molar-refractivity contribution in [1.82, 2.24) is 9.44 Å². The molecule has 10 heteroatoms. The van der Waals surface area contributed by atoms with Gasteiger partial charge in [0.15, 0.2) is 0 Å². The summed E-state index contributed by atoms with van der Waals surface area (Å²) >= 11 is 0. The number of aryl methyl sites for hydroxylation is 2. The van der Waals surface area contributed by atoms with E-state index in [9.17, 15) is 26.4 Å². The third kappa shape index (κ3) is 4.37. The average molecular weight is 497 g/mol. The Morgan fingerprint density at radius 2 is 0.971 bits per heavy atom. The number of fused-ring (bicyclic) bond motifs is 1. The van der Waals surface area contributed by atoms with Gasteiger partial charge in [-0.1, -0.05) is 48.5 Å². The Bertz CT molecular complexity index is 1550. The zero-order valence-electron chi connectivity index (χ0n) is 18.2. The molecule has 3 aromatic carbocycles. The van der Waals surface area contributed by atoms with Gasteiger partial charge in [0.05, 0.1) is 9.79 Å². The van der Waals surface area contributed by atoms with Crippen LogP contribution in [-0.2, 0) is 20.0 Å². The zero-order chi connectivity index (χ0) is 24.7. The number of carbonyl (C=O) groups excluding carboxylic acids is 2. The number of Topliss-reactive ketones (excluding diaryl/α,β-unsaturated/α-hetero) is 2. The van der Waals surface area contributed by atoms with E-state index in [0.717, 1.165) is 0 Å². The molecule has 0 bridgehead atoms. The molecule has 0 saturated carbocycles. The quantitative estimate of drug-likeness (QED) is 0.540. The van der Waals surface area contributed by atoms with Crippen molar-refractivity contribution in [3.8, 4) is 0 Å². The Balaban J connectivity index is 1.87. The molecule has 1 aliphatic rings. The summed E-state index contributed by atoms with van der Waals surface area (Å²) in [5, 5.41) is 0. The number of hydrogen-bond donors (Lipinski definition) is 2. The second-order valence-corrected chi connectivity index (χ2v) is 11.2. The van der Waals surface area contributed by atoms with Crippen LogP contribution in [0.2, 0.25) is 0 Å². The summed E-state index contributed by atoms with van der Waals surface area (Å²) in [5.74, 6) is -1.65.